The molecule has 7 heteroatoms. The van der Waals surface area contributed by atoms with E-state index < -0.39 is 30.2 Å². The Kier molecular flexibility index (Phi) is 5.23. The van der Waals surface area contributed by atoms with Crippen molar-refractivity contribution < 1.29 is 27.5 Å². The number of para-hydroxylation sites is 1. The normalized spacial score (nSPS) is 11.0. The van der Waals surface area contributed by atoms with Gasteiger partial charge in [0.1, 0.15) is 0 Å². The molecule has 2 aromatic rings. The first-order valence-corrected chi connectivity index (χ1v) is 6.97. The second kappa shape index (κ2) is 7.16. The fourth-order valence-electron chi connectivity index (χ4n) is 2.01. The van der Waals surface area contributed by atoms with E-state index in [0.717, 1.165) is 17.7 Å². The number of alkyl halides is 3. The number of carbonyl (C=O) groups excluding carboxylic acids is 2. The fraction of sp³-hybridized carbons (Fsp3) is 0.176. The van der Waals surface area contributed by atoms with Crippen molar-refractivity contribution in [2.75, 3.05) is 11.9 Å². The van der Waals surface area contributed by atoms with Gasteiger partial charge in [0.25, 0.3) is 5.91 Å². The molecule has 1 N–H and O–H groups in total. The molecule has 24 heavy (non-hydrogen) atoms. The van der Waals surface area contributed by atoms with E-state index in [-0.39, 0.29) is 11.3 Å². The van der Waals surface area contributed by atoms with Crippen LogP contribution in [0.1, 0.15) is 21.5 Å². The molecule has 0 saturated carbocycles. The van der Waals surface area contributed by atoms with E-state index in [9.17, 15) is 22.8 Å². The van der Waals surface area contributed by atoms with Gasteiger partial charge in [0.05, 0.1) is 16.8 Å². The number of hydrogen-bond acceptors (Lipinski definition) is 3. The van der Waals surface area contributed by atoms with Crippen molar-refractivity contribution in [1.29, 1.82) is 0 Å². The van der Waals surface area contributed by atoms with E-state index in [4.69, 9.17) is 4.74 Å². The lowest BCUT2D eigenvalue weighted by Crippen LogP contribution is -2.22. The van der Waals surface area contributed by atoms with Crippen LogP contribution >= 0.6 is 0 Å². The predicted molar refractivity (Wildman–Crippen MR) is 81.5 cm³/mol. The molecule has 0 aliphatic carbocycles. The molecule has 4 nitrogen and oxygen atoms in total. The van der Waals surface area contributed by atoms with Gasteiger partial charge in [0, 0.05) is 0 Å². The number of carbonyl (C=O) groups is 2. The fourth-order valence-corrected chi connectivity index (χ4v) is 2.01. The summed E-state index contributed by atoms with van der Waals surface area (Å²) in [5.74, 6) is -1.58. The summed E-state index contributed by atoms with van der Waals surface area (Å²) in [6.07, 6.45) is -4.60. The largest absolute Gasteiger partial charge is 0.452 e. The van der Waals surface area contributed by atoms with Gasteiger partial charge in [-0.15, -0.1) is 0 Å². The molecule has 0 aliphatic heterocycles. The Bertz CT molecular complexity index is 757. The Morgan fingerprint density at radius 3 is 2.46 bits per heavy atom. The molecule has 126 valence electrons. The van der Waals surface area contributed by atoms with Crippen LogP contribution < -0.4 is 5.32 Å². The Labute approximate surface area is 136 Å². The minimum atomic E-state index is -4.60. The molecule has 2 rings (SSSR count). The van der Waals surface area contributed by atoms with Crippen LogP contribution in [0.5, 0.6) is 0 Å². The van der Waals surface area contributed by atoms with Crippen LogP contribution in [0.3, 0.4) is 0 Å². The number of esters is 1. The maximum absolute atomic E-state index is 12.8. The van der Waals surface area contributed by atoms with Crippen molar-refractivity contribution in [3.8, 4) is 0 Å². The molecule has 0 aromatic heterocycles. The quantitative estimate of drug-likeness (QED) is 0.863. The maximum atomic E-state index is 12.8. The van der Waals surface area contributed by atoms with Crippen molar-refractivity contribution in [2.45, 2.75) is 13.1 Å². The Morgan fingerprint density at radius 2 is 1.79 bits per heavy atom. The highest BCUT2D eigenvalue weighted by Gasteiger charge is 2.33. The van der Waals surface area contributed by atoms with E-state index in [1.807, 2.05) is 0 Å². The van der Waals surface area contributed by atoms with Crippen LogP contribution in [0, 0.1) is 6.92 Å². The minimum Gasteiger partial charge on any atom is -0.452 e. The van der Waals surface area contributed by atoms with Crippen LogP contribution in [-0.4, -0.2) is 18.5 Å². The molecule has 1 amide bonds. The molecule has 0 aliphatic rings. The average molecular weight is 337 g/mol. The number of anilines is 1. The Hall–Kier alpha value is -2.83. The van der Waals surface area contributed by atoms with Crippen molar-refractivity contribution in [2.24, 2.45) is 0 Å². The number of hydrogen-bond donors (Lipinski definition) is 1. The third-order valence-corrected chi connectivity index (χ3v) is 3.09. The maximum Gasteiger partial charge on any atom is 0.418 e. The molecule has 2 aromatic carbocycles. The topological polar surface area (TPSA) is 55.4 Å². The zero-order valence-electron chi connectivity index (χ0n) is 12.7. The van der Waals surface area contributed by atoms with Crippen molar-refractivity contribution in [3.05, 3.63) is 65.2 Å². The van der Waals surface area contributed by atoms with E-state index in [0.29, 0.717) is 0 Å². The van der Waals surface area contributed by atoms with Crippen LogP contribution in [0.15, 0.2) is 48.5 Å². The number of rotatable bonds is 4. The first kappa shape index (κ1) is 17.5. The van der Waals surface area contributed by atoms with E-state index in [2.05, 4.69) is 5.32 Å². The second-order valence-corrected chi connectivity index (χ2v) is 5.04. The van der Waals surface area contributed by atoms with Gasteiger partial charge in [0.2, 0.25) is 0 Å². The molecule has 0 fully saturated rings. The first-order valence-electron chi connectivity index (χ1n) is 6.97. The van der Waals surface area contributed by atoms with E-state index in [1.165, 1.54) is 18.2 Å². The number of amides is 1. The molecule has 0 heterocycles. The molecule has 0 bridgehead atoms. The van der Waals surface area contributed by atoms with Gasteiger partial charge in [0.15, 0.2) is 6.61 Å². The molecule has 0 spiro atoms. The molecule has 0 atom stereocenters. The summed E-state index contributed by atoms with van der Waals surface area (Å²) in [6.45, 7) is 1.11. The lowest BCUT2D eigenvalue weighted by molar-refractivity contribution is -0.137. The minimum absolute atomic E-state index is 0.262. The molecule has 0 saturated heterocycles. The summed E-state index contributed by atoms with van der Waals surface area (Å²) in [6, 6.07) is 11.1. The standard InChI is InChI=1S/C17H14F3NO3/c1-11-5-4-6-12(9-11)16(23)24-10-15(22)21-14-8-3-2-7-13(14)17(18,19)20/h2-9H,10H2,1H3,(H,21,22). The molecule has 0 radical (unpaired) electrons. The van der Waals surface area contributed by atoms with E-state index in [1.54, 1.807) is 25.1 Å². The van der Waals surface area contributed by atoms with Gasteiger partial charge in [-0.2, -0.15) is 13.2 Å². The highest BCUT2D eigenvalue weighted by molar-refractivity contribution is 5.96. The monoisotopic (exact) mass is 337 g/mol. The zero-order valence-corrected chi connectivity index (χ0v) is 12.7. The predicted octanol–water partition coefficient (Wildman–Crippen LogP) is 3.81. The summed E-state index contributed by atoms with van der Waals surface area (Å²) in [4.78, 5) is 23.5. The second-order valence-electron chi connectivity index (χ2n) is 5.04. The summed E-state index contributed by atoms with van der Waals surface area (Å²) >= 11 is 0. The molecular formula is C17H14F3NO3. The molecule has 0 unspecified atom stereocenters. The van der Waals surface area contributed by atoms with Crippen molar-refractivity contribution in [3.63, 3.8) is 0 Å². The number of benzene rings is 2. The van der Waals surface area contributed by atoms with Gasteiger partial charge >= 0.3 is 12.1 Å². The van der Waals surface area contributed by atoms with Gasteiger partial charge in [-0.05, 0) is 31.2 Å². The third kappa shape index (κ3) is 4.58. The molecular weight excluding hydrogens is 323 g/mol. The van der Waals surface area contributed by atoms with Gasteiger partial charge < -0.3 is 10.1 Å². The number of nitrogens with one attached hydrogen (secondary N) is 1. The van der Waals surface area contributed by atoms with Gasteiger partial charge in [-0.25, -0.2) is 4.79 Å². The zero-order chi connectivity index (χ0) is 17.7. The number of aryl methyl sites for hydroxylation is 1. The average Bonchev–Trinajstić information content (AvgIpc) is 2.52. The Balaban J connectivity index is 1.98. The van der Waals surface area contributed by atoms with Crippen LogP contribution in [0.25, 0.3) is 0 Å². The summed E-state index contributed by atoms with van der Waals surface area (Å²) in [5.41, 5.74) is -0.253. The number of halogens is 3. The van der Waals surface area contributed by atoms with Gasteiger partial charge in [-0.1, -0.05) is 29.8 Å². The van der Waals surface area contributed by atoms with Crippen LogP contribution in [0.4, 0.5) is 18.9 Å². The van der Waals surface area contributed by atoms with Crippen molar-refractivity contribution >= 4 is 17.6 Å². The Morgan fingerprint density at radius 1 is 1.08 bits per heavy atom. The van der Waals surface area contributed by atoms with Crippen LogP contribution in [0.2, 0.25) is 0 Å². The van der Waals surface area contributed by atoms with Gasteiger partial charge in [-0.3, -0.25) is 4.79 Å². The van der Waals surface area contributed by atoms with E-state index >= 15 is 0 Å². The summed E-state index contributed by atoms with van der Waals surface area (Å²) in [7, 11) is 0. The smallest absolute Gasteiger partial charge is 0.418 e. The SMILES string of the molecule is Cc1cccc(C(=O)OCC(=O)Nc2ccccc2C(F)(F)F)c1. The highest BCUT2D eigenvalue weighted by atomic mass is 19.4. The van der Waals surface area contributed by atoms with Crippen molar-refractivity contribution in [1.82, 2.24) is 0 Å². The van der Waals surface area contributed by atoms with Crippen LogP contribution in [-0.2, 0) is 15.7 Å². The first-order chi connectivity index (χ1) is 11.3. The number of ether oxygens (including phenoxy) is 1. The lowest BCUT2D eigenvalue weighted by atomic mass is 10.1. The highest BCUT2D eigenvalue weighted by Crippen LogP contribution is 2.34. The summed E-state index contributed by atoms with van der Waals surface area (Å²) in [5, 5.41) is 2.10. The summed E-state index contributed by atoms with van der Waals surface area (Å²) < 4.78 is 43.3. The third-order valence-electron chi connectivity index (χ3n) is 3.09. The lowest BCUT2D eigenvalue weighted by Gasteiger charge is -2.13.